The van der Waals surface area contributed by atoms with E-state index in [0.29, 0.717) is 32.6 Å². The Hall–Kier alpha value is -0.210. The van der Waals surface area contributed by atoms with Gasteiger partial charge in [0.15, 0.2) is 3.79 Å². The fourth-order valence-electron chi connectivity index (χ4n) is 0.870. The average molecular weight is 313 g/mol. The monoisotopic (exact) mass is 313 g/mol. The molecule has 0 atom stereocenters. The number of rotatable bonds is 7. The Balaban J connectivity index is 3.55. The second-order valence-electron chi connectivity index (χ2n) is 2.98. The first-order valence-electron chi connectivity index (χ1n) is 4.40. The Kier molecular flexibility index (Phi) is 8.01. The lowest BCUT2D eigenvalue weighted by Gasteiger charge is -2.14. The number of carbonyl (C=O) groups is 2. The average Bonchev–Trinajstić information content (AvgIpc) is 2.11. The van der Waals surface area contributed by atoms with Crippen LogP contribution in [0.15, 0.2) is 0 Å². The maximum Gasteiger partial charge on any atom is 0.234 e. The number of halogens is 1. The van der Waals surface area contributed by atoms with Crippen LogP contribution in [0.2, 0.25) is 0 Å². The van der Waals surface area contributed by atoms with E-state index in [1.54, 1.807) is 22.6 Å². The van der Waals surface area contributed by atoms with E-state index in [-0.39, 0.29) is 9.70 Å². The van der Waals surface area contributed by atoms with Crippen molar-refractivity contribution < 1.29 is 9.59 Å². The van der Waals surface area contributed by atoms with Crippen molar-refractivity contribution in [3.05, 3.63) is 0 Å². The molecule has 0 aliphatic carbocycles. The van der Waals surface area contributed by atoms with Gasteiger partial charge in [0, 0.05) is 26.1 Å². The molecule has 0 aromatic rings. The highest BCUT2D eigenvalue weighted by Crippen LogP contribution is 1.94. The molecule has 0 rings (SSSR count). The Morgan fingerprint density at radius 1 is 1.50 bits per heavy atom. The van der Waals surface area contributed by atoms with E-state index in [4.69, 9.17) is 5.73 Å². The molecule has 1 amide bonds. The van der Waals surface area contributed by atoms with Crippen molar-refractivity contribution >= 4 is 32.3 Å². The summed E-state index contributed by atoms with van der Waals surface area (Å²) < 4.78 is 0.108. The molecule has 0 saturated carbocycles. The van der Waals surface area contributed by atoms with Gasteiger partial charge in [0.2, 0.25) is 5.91 Å². The van der Waals surface area contributed by atoms with Gasteiger partial charge in [-0.25, -0.2) is 0 Å². The fourth-order valence-corrected chi connectivity index (χ4v) is 1.11. The molecular weight excluding hydrogens is 297 g/mol. The largest absolute Gasteiger partial charge is 0.354 e. The number of hydrogen-bond donors (Lipinski definition) is 2. The molecule has 0 spiro atoms. The number of likely N-dealkylation sites (N-methyl/N-ethyl adjacent to an activating group) is 1. The van der Waals surface area contributed by atoms with Crippen LogP contribution in [0.5, 0.6) is 0 Å². The summed E-state index contributed by atoms with van der Waals surface area (Å²) in [5.41, 5.74) is 5.23. The third kappa shape index (κ3) is 8.39. The molecule has 0 aliphatic heterocycles. The molecule has 0 aromatic carbocycles. The van der Waals surface area contributed by atoms with E-state index >= 15 is 0 Å². The molecule has 0 bridgehead atoms. The predicted octanol–water partition coefficient (Wildman–Crippen LogP) is -0.655. The molecule has 3 N–H and O–H groups in total. The SMILES string of the molecule is CN(CCC(=O)I)CC(=O)NCCN. The Bertz CT molecular complexity index is 199. The maximum atomic E-state index is 11.2. The van der Waals surface area contributed by atoms with E-state index in [9.17, 15) is 9.59 Å². The topological polar surface area (TPSA) is 75.4 Å². The second-order valence-corrected chi connectivity index (χ2v) is 4.18. The van der Waals surface area contributed by atoms with Crippen LogP contribution >= 0.6 is 22.6 Å². The number of nitrogens with zero attached hydrogens (tertiary/aromatic N) is 1. The quantitative estimate of drug-likeness (QED) is 0.484. The van der Waals surface area contributed by atoms with Gasteiger partial charge in [0.25, 0.3) is 0 Å². The number of hydrogen-bond acceptors (Lipinski definition) is 4. The predicted molar refractivity (Wildman–Crippen MR) is 63.2 cm³/mol. The van der Waals surface area contributed by atoms with Crippen molar-refractivity contribution in [3.8, 4) is 0 Å². The molecule has 0 aliphatic rings. The standard InChI is InChI=1S/C8H16IN3O2/c1-12(5-2-7(9)13)6-8(14)11-4-3-10/h2-6,10H2,1H3,(H,11,14). The van der Waals surface area contributed by atoms with Crippen molar-refractivity contribution in [2.24, 2.45) is 5.73 Å². The summed E-state index contributed by atoms with van der Waals surface area (Å²) in [6.45, 7) is 1.86. The van der Waals surface area contributed by atoms with Crippen molar-refractivity contribution in [1.82, 2.24) is 10.2 Å². The van der Waals surface area contributed by atoms with E-state index in [1.807, 2.05) is 11.9 Å². The molecule has 0 unspecified atom stereocenters. The van der Waals surface area contributed by atoms with Crippen LogP contribution in [-0.2, 0) is 9.59 Å². The minimum atomic E-state index is -0.0566. The number of carbonyl (C=O) groups excluding carboxylic acids is 2. The molecule has 82 valence electrons. The zero-order valence-corrected chi connectivity index (χ0v) is 10.4. The maximum absolute atomic E-state index is 11.2. The van der Waals surface area contributed by atoms with E-state index in [0.717, 1.165) is 0 Å². The van der Waals surface area contributed by atoms with Gasteiger partial charge in [-0.05, 0) is 29.6 Å². The summed E-state index contributed by atoms with van der Waals surface area (Å²) in [5.74, 6) is -0.0566. The van der Waals surface area contributed by atoms with Gasteiger partial charge in [0.05, 0.1) is 6.54 Å². The lowest BCUT2D eigenvalue weighted by Crippen LogP contribution is -2.37. The summed E-state index contributed by atoms with van der Waals surface area (Å²) in [5, 5.41) is 2.66. The molecule has 14 heavy (non-hydrogen) atoms. The smallest absolute Gasteiger partial charge is 0.234 e. The first-order valence-corrected chi connectivity index (χ1v) is 5.47. The third-order valence-corrected chi connectivity index (χ3v) is 2.11. The normalized spacial score (nSPS) is 10.3. The van der Waals surface area contributed by atoms with Crippen molar-refractivity contribution in [3.63, 3.8) is 0 Å². The highest BCUT2D eigenvalue weighted by molar-refractivity contribution is 14.1. The van der Waals surface area contributed by atoms with E-state index in [1.165, 1.54) is 0 Å². The van der Waals surface area contributed by atoms with Gasteiger partial charge in [-0.1, -0.05) is 0 Å². The van der Waals surface area contributed by atoms with Crippen LogP contribution in [0.25, 0.3) is 0 Å². The van der Waals surface area contributed by atoms with Gasteiger partial charge in [-0.2, -0.15) is 0 Å². The fraction of sp³-hybridized carbons (Fsp3) is 0.750. The van der Waals surface area contributed by atoms with E-state index < -0.39 is 0 Å². The van der Waals surface area contributed by atoms with Gasteiger partial charge >= 0.3 is 0 Å². The van der Waals surface area contributed by atoms with Crippen LogP contribution < -0.4 is 11.1 Å². The third-order valence-electron chi connectivity index (χ3n) is 1.57. The van der Waals surface area contributed by atoms with Gasteiger partial charge in [-0.3, -0.25) is 14.5 Å². The highest BCUT2D eigenvalue weighted by Gasteiger charge is 2.06. The van der Waals surface area contributed by atoms with Gasteiger partial charge in [-0.15, -0.1) is 0 Å². The van der Waals surface area contributed by atoms with Crippen molar-refractivity contribution in [2.45, 2.75) is 6.42 Å². The molecule has 0 saturated heterocycles. The molecule has 0 aromatic heterocycles. The number of nitrogens with two attached hydrogens (primary N) is 1. The minimum absolute atomic E-state index is 0.0566. The molecule has 5 nitrogen and oxygen atoms in total. The van der Waals surface area contributed by atoms with Crippen LogP contribution in [0.1, 0.15) is 6.42 Å². The molecular formula is C8H16IN3O2. The van der Waals surface area contributed by atoms with Crippen LogP contribution in [0.3, 0.4) is 0 Å². The summed E-state index contributed by atoms with van der Waals surface area (Å²) in [7, 11) is 1.81. The van der Waals surface area contributed by atoms with Crippen LogP contribution in [0, 0.1) is 0 Å². The Labute approximate surface area is 97.5 Å². The number of amides is 1. The van der Waals surface area contributed by atoms with Gasteiger partial charge in [0.1, 0.15) is 0 Å². The van der Waals surface area contributed by atoms with Gasteiger partial charge < -0.3 is 11.1 Å². The first-order chi connectivity index (χ1) is 6.56. The first kappa shape index (κ1) is 13.8. The lowest BCUT2D eigenvalue weighted by atomic mass is 10.4. The summed E-state index contributed by atoms with van der Waals surface area (Å²) in [6.07, 6.45) is 0.473. The summed E-state index contributed by atoms with van der Waals surface area (Å²) in [6, 6.07) is 0. The van der Waals surface area contributed by atoms with Crippen molar-refractivity contribution in [1.29, 1.82) is 0 Å². The second kappa shape index (κ2) is 8.13. The zero-order valence-electron chi connectivity index (χ0n) is 8.25. The number of nitrogens with one attached hydrogen (secondary N) is 1. The molecule has 6 heteroatoms. The lowest BCUT2D eigenvalue weighted by molar-refractivity contribution is -0.122. The molecule has 0 radical (unpaired) electrons. The van der Waals surface area contributed by atoms with Crippen LogP contribution in [0.4, 0.5) is 0 Å². The molecule has 0 heterocycles. The van der Waals surface area contributed by atoms with E-state index in [2.05, 4.69) is 5.32 Å². The minimum Gasteiger partial charge on any atom is -0.354 e. The van der Waals surface area contributed by atoms with Crippen LogP contribution in [-0.4, -0.2) is 47.8 Å². The summed E-state index contributed by atoms with van der Waals surface area (Å²) in [4.78, 5) is 23.6. The Morgan fingerprint density at radius 2 is 2.14 bits per heavy atom. The Morgan fingerprint density at radius 3 is 2.64 bits per heavy atom. The highest BCUT2D eigenvalue weighted by atomic mass is 127. The summed E-state index contributed by atoms with van der Waals surface area (Å²) >= 11 is 1.75. The molecule has 0 fully saturated rings. The zero-order chi connectivity index (χ0) is 11.0. The van der Waals surface area contributed by atoms with Crippen molar-refractivity contribution in [2.75, 3.05) is 33.2 Å².